The molecule has 2 unspecified atom stereocenters. The van der Waals surface area contributed by atoms with Gasteiger partial charge >= 0.3 is 0 Å². The molecule has 2 aliphatic rings. The molecule has 1 saturated carbocycles. The number of nitrogens with zero attached hydrogens (tertiary/aromatic N) is 1. The standard InChI is InChI=1S/C17H24N2S/c1-12-10-14(17(18)20)7-8-15(12)11-19-9-3-5-13-4-2-6-16(13)19/h7-8,10,13,16H,2-6,9,11H2,1H3,(H2,18,20). The fourth-order valence-corrected chi connectivity index (χ4v) is 4.13. The molecule has 1 saturated heterocycles. The lowest BCUT2D eigenvalue weighted by molar-refractivity contribution is 0.105. The van der Waals surface area contributed by atoms with E-state index in [-0.39, 0.29) is 0 Å². The van der Waals surface area contributed by atoms with Crippen molar-refractivity contribution in [3.8, 4) is 0 Å². The minimum atomic E-state index is 0.494. The van der Waals surface area contributed by atoms with Gasteiger partial charge in [-0.05, 0) is 62.3 Å². The largest absolute Gasteiger partial charge is 0.389 e. The van der Waals surface area contributed by atoms with E-state index in [1.54, 1.807) is 0 Å². The van der Waals surface area contributed by atoms with E-state index in [2.05, 4.69) is 30.0 Å². The zero-order valence-electron chi connectivity index (χ0n) is 12.3. The average Bonchev–Trinajstić information content (AvgIpc) is 2.90. The zero-order chi connectivity index (χ0) is 14.1. The number of hydrogen-bond acceptors (Lipinski definition) is 2. The molecule has 0 amide bonds. The van der Waals surface area contributed by atoms with Crippen molar-refractivity contribution in [3.05, 3.63) is 34.9 Å². The summed E-state index contributed by atoms with van der Waals surface area (Å²) in [4.78, 5) is 3.21. The predicted molar refractivity (Wildman–Crippen MR) is 87.8 cm³/mol. The Hall–Kier alpha value is -0.930. The van der Waals surface area contributed by atoms with Gasteiger partial charge < -0.3 is 5.73 Å². The number of nitrogens with two attached hydrogens (primary N) is 1. The molecule has 2 atom stereocenters. The molecule has 0 aromatic heterocycles. The van der Waals surface area contributed by atoms with Crippen molar-refractivity contribution >= 4 is 17.2 Å². The van der Waals surface area contributed by atoms with E-state index in [0.29, 0.717) is 4.99 Å². The molecule has 1 aliphatic carbocycles. The van der Waals surface area contributed by atoms with Crippen LogP contribution in [-0.4, -0.2) is 22.5 Å². The van der Waals surface area contributed by atoms with Crippen LogP contribution in [0, 0.1) is 12.8 Å². The maximum Gasteiger partial charge on any atom is 0.103 e. The number of benzene rings is 1. The Bertz CT molecular complexity index is 512. The smallest absolute Gasteiger partial charge is 0.103 e. The van der Waals surface area contributed by atoms with Gasteiger partial charge in [0.15, 0.2) is 0 Å². The summed E-state index contributed by atoms with van der Waals surface area (Å²) in [6.07, 6.45) is 7.08. The Labute approximate surface area is 127 Å². The fourth-order valence-electron chi connectivity index (χ4n) is 4.00. The quantitative estimate of drug-likeness (QED) is 0.865. The highest BCUT2D eigenvalue weighted by Crippen LogP contribution is 2.37. The molecule has 3 heteroatoms. The summed E-state index contributed by atoms with van der Waals surface area (Å²) in [7, 11) is 0. The van der Waals surface area contributed by atoms with Crippen molar-refractivity contribution in [1.29, 1.82) is 0 Å². The highest BCUT2D eigenvalue weighted by atomic mass is 32.1. The van der Waals surface area contributed by atoms with Gasteiger partial charge in [-0.15, -0.1) is 0 Å². The third-order valence-corrected chi connectivity index (χ3v) is 5.34. The molecule has 3 rings (SSSR count). The van der Waals surface area contributed by atoms with Gasteiger partial charge in [-0.2, -0.15) is 0 Å². The molecule has 2 fully saturated rings. The second-order valence-electron chi connectivity index (χ2n) is 6.38. The number of fused-ring (bicyclic) bond motifs is 1. The summed E-state index contributed by atoms with van der Waals surface area (Å²) in [5.74, 6) is 0.958. The molecule has 0 radical (unpaired) electrons. The SMILES string of the molecule is Cc1cc(C(N)=S)ccc1CN1CCCC2CCCC21. The number of likely N-dealkylation sites (tertiary alicyclic amines) is 1. The van der Waals surface area contributed by atoms with Gasteiger partial charge in [-0.25, -0.2) is 0 Å². The van der Waals surface area contributed by atoms with Crippen molar-refractivity contribution in [1.82, 2.24) is 4.90 Å². The summed E-state index contributed by atoms with van der Waals surface area (Å²) in [6.45, 7) is 4.52. The Morgan fingerprint density at radius 2 is 2.10 bits per heavy atom. The van der Waals surface area contributed by atoms with Gasteiger partial charge in [-0.1, -0.05) is 30.8 Å². The minimum Gasteiger partial charge on any atom is -0.389 e. The summed E-state index contributed by atoms with van der Waals surface area (Å²) in [6, 6.07) is 7.25. The van der Waals surface area contributed by atoms with Crippen molar-refractivity contribution in [2.45, 2.75) is 51.6 Å². The van der Waals surface area contributed by atoms with Crippen LogP contribution in [0.3, 0.4) is 0 Å². The van der Waals surface area contributed by atoms with E-state index in [4.69, 9.17) is 18.0 Å². The van der Waals surface area contributed by atoms with Gasteiger partial charge in [0.2, 0.25) is 0 Å². The number of hydrogen-bond donors (Lipinski definition) is 1. The summed E-state index contributed by atoms with van der Waals surface area (Å²) in [5.41, 5.74) is 9.44. The Morgan fingerprint density at radius 3 is 2.85 bits per heavy atom. The maximum absolute atomic E-state index is 5.71. The van der Waals surface area contributed by atoms with E-state index in [1.165, 1.54) is 49.8 Å². The van der Waals surface area contributed by atoms with Gasteiger partial charge in [-0.3, -0.25) is 4.90 Å². The second kappa shape index (κ2) is 5.82. The topological polar surface area (TPSA) is 29.3 Å². The lowest BCUT2D eigenvalue weighted by Gasteiger charge is -2.38. The van der Waals surface area contributed by atoms with Crippen LogP contribution in [0.25, 0.3) is 0 Å². The monoisotopic (exact) mass is 288 g/mol. The molecule has 2 nitrogen and oxygen atoms in total. The zero-order valence-corrected chi connectivity index (χ0v) is 13.1. The lowest BCUT2D eigenvalue weighted by atomic mass is 9.91. The fraction of sp³-hybridized carbons (Fsp3) is 0.588. The van der Waals surface area contributed by atoms with Crippen LogP contribution in [0.4, 0.5) is 0 Å². The first-order valence-electron chi connectivity index (χ1n) is 7.78. The minimum absolute atomic E-state index is 0.494. The highest BCUT2D eigenvalue weighted by molar-refractivity contribution is 7.80. The predicted octanol–water partition coefficient (Wildman–Crippen LogP) is 3.39. The van der Waals surface area contributed by atoms with Crippen LogP contribution in [-0.2, 0) is 6.54 Å². The van der Waals surface area contributed by atoms with Gasteiger partial charge in [0.05, 0.1) is 0 Å². The van der Waals surface area contributed by atoms with Crippen molar-refractivity contribution < 1.29 is 0 Å². The summed E-state index contributed by atoms with van der Waals surface area (Å²) < 4.78 is 0. The van der Waals surface area contributed by atoms with Crippen molar-refractivity contribution in [2.24, 2.45) is 11.7 Å². The van der Waals surface area contributed by atoms with Gasteiger partial charge in [0, 0.05) is 18.2 Å². The molecule has 1 aromatic carbocycles. The number of piperidine rings is 1. The molecule has 108 valence electrons. The first kappa shape index (κ1) is 14.0. The van der Waals surface area contributed by atoms with Crippen LogP contribution in [0.1, 0.15) is 48.8 Å². The third kappa shape index (κ3) is 2.75. The van der Waals surface area contributed by atoms with Crippen molar-refractivity contribution in [3.63, 3.8) is 0 Å². The van der Waals surface area contributed by atoms with E-state index >= 15 is 0 Å². The van der Waals surface area contributed by atoms with E-state index < -0.39 is 0 Å². The van der Waals surface area contributed by atoms with Gasteiger partial charge in [0.25, 0.3) is 0 Å². The normalized spacial score (nSPS) is 26.4. The first-order valence-corrected chi connectivity index (χ1v) is 8.19. The summed E-state index contributed by atoms with van der Waals surface area (Å²) >= 11 is 5.05. The molecule has 1 aliphatic heterocycles. The molecule has 1 heterocycles. The molecule has 2 N–H and O–H groups in total. The van der Waals surface area contributed by atoms with Gasteiger partial charge in [0.1, 0.15) is 4.99 Å². The molecule has 20 heavy (non-hydrogen) atoms. The Kier molecular flexibility index (Phi) is 4.08. The van der Waals surface area contributed by atoms with E-state index in [0.717, 1.165) is 24.1 Å². The number of thiocarbonyl (C=S) groups is 1. The molecular formula is C17H24N2S. The molecule has 0 spiro atoms. The Morgan fingerprint density at radius 1 is 1.30 bits per heavy atom. The highest BCUT2D eigenvalue weighted by Gasteiger charge is 2.34. The third-order valence-electron chi connectivity index (χ3n) is 5.11. The van der Waals surface area contributed by atoms with Crippen molar-refractivity contribution in [2.75, 3.05) is 6.54 Å². The molecule has 0 bridgehead atoms. The Balaban J connectivity index is 1.75. The molecule has 1 aromatic rings. The van der Waals surface area contributed by atoms with Crippen LogP contribution in [0.15, 0.2) is 18.2 Å². The molecular weight excluding hydrogens is 264 g/mol. The number of rotatable bonds is 3. The second-order valence-corrected chi connectivity index (χ2v) is 6.82. The number of aryl methyl sites for hydroxylation is 1. The average molecular weight is 288 g/mol. The van der Waals surface area contributed by atoms with E-state index in [9.17, 15) is 0 Å². The van der Waals surface area contributed by atoms with Crippen LogP contribution >= 0.6 is 12.2 Å². The lowest BCUT2D eigenvalue weighted by Crippen LogP contribution is -2.42. The van der Waals surface area contributed by atoms with Crippen LogP contribution in [0.5, 0.6) is 0 Å². The van der Waals surface area contributed by atoms with Crippen LogP contribution in [0.2, 0.25) is 0 Å². The first-order chi connectivity index (χ1) is 9.65. The van der Waals surface area contributed by atoms with E-state index in [1.807, 2.05) is 0 Å². The summed E-state index contributed by atoms with van der Waals surface area (Å²) in [5, 5.41) is 0. The maximum atomic E-state index is 5.71. The van der Waals surface area contributed by atoms with Crippen LogP contribution < -0.4 is 5.73 Å².